The first-order chi connectivity index (χ1) is 15.4. The second-order valence-electron chi connectivity index (χ2n) is 7.46. The van der Waals surface area contributed by atoms with Crippen LogP contribution in [0.5, 0.6) is 0 Å². The van der Waals surface area contributed by atoms with Crippen LogP contribution in [-0.4, -0.2) is 93.8 Å². The lowest BCUT2D eigenvalue weighted by Gasteiger charge is -2.26. The van der Waals surface area contributed by atoms with Crippen molar-refractivity contribution in [2.45, 2.75) is 69.3 Å². The highest BCUT2D eigenvalue weighted by molar-refractivity contribution is 7.98. The third kappa shape index (κ3) is 12.4. The standard InChI is InChI=1S/C19H35N5O8S/c1-10(25)15(24-16(28)11(21)5-3-4-7-20)18(30)23-13(9-14(26)27)17(29)22-12(19(31)32)6-8-33-2/h10-13,15,25H,3-9,20-21H2,1-2H3,(H,22,29)(H,23,30)(H,24,28)(H,26,27)(H,31,32). The van der Waals surface area contributed by atoms with Gasteiger partial charge in [-0.2, -0.15) is 11.8 Å². The lowest BCUT2D eigenvalue weighted by Crippen LogP contribution is -2.60. The van der Waals surface area contributed by atoms with E-state index in [2.05, 4.69) is 16.0 Å². The van der Waals surface area contributed by atoms with Gasteiger partial charge < -0.3 is 42.7 Å². The average Bonchev–Trinajstić information content (AvgIpc) is 2.73. The van der Waals surface area contributed by atoms with Crippen molar-refractivity contribution >= 4 is 41.4 Å². The first-order valence-electron chi connectivity index (χ1n) is 10.4. The van der Waals surface area contributed by atoms with Gasteiger partial charge in [0.05, 0.1) is 18.6 Å². The molecule has 0 fully saturated rings. The topological polar surface area (TPSA) is 234 Å². The van der Waals surface area contributed by atoms with Gasteiger partial charge in [0.2, 0.25) is 17.7 Å². The Bertz CT molecular complexity index is 679. The Morgan fingerprint density at radius 3 is 2.00 bits per heavy atom. The van der Waals surface area contributed by atoms with Crippen molar-refractivity contribution in [3.8, 4) is 0 Å². The summed E-state index contributed by atoms with van der Waals surface area (Å²) in [5.74, 6) is -5.07. The van der Waals surface area contributed by atoms with Crippen molar-refractivity contribution in [1.82, 2.24) is 16.0 Å². The number of carbonyl (C=O) groups is 5. The van der Waals surface area contributed by atoms with E-state index in [0.717, 1.165) is 0 Å². The molecular formula is C19H35N5O8S. The van der Waals surface area contributed by atoms with Crippen LogP contribution in [0, 0.1) is 0 Å². The number of aliphatic hydroxyl groups excluding tert-OH is 1. The smallest absolute Gasteiger partial charge is 0.326 e. The quantitative estimate of drug-likeness (QED) is 0.0993. The summed E-state index contributed by atoms with van der Waals surface area (Å²) < 4.78 is 0. The van der Waals surface area contributed by atoms with E-state index in [1.54, 1.807) is 6.26 Å². The van der Waals surface area contributed by atoms with Crippen LogP contribution in [0.1, 0.15) is 39.0 Å². The lowest BCUT2D eigenvalue weighted by atomic mass is 10.1. The fourth-order valence-electron chi connectivity index (χ4n) is 2.72. The summed E-state index contributed by atoms with van der Waals surface area (Å²) in [5, 5.41) is 35.0. The van der Waals surface area contributed by atoms with E-state index in [0.29, 0.717) is 31.6 Å². The molecule has 5 atom stereocenters. The normalized spacial score (nSPS) is 15.4. The molecule has 14 heteroatoms. The van der Waals surface area contributed by atoms with Crippen LogP contribution in [0.3, 0.4) is 0 Å². The third-order valence-corrected chi connectivity index (χ3v) is 5.25. The van der Waals surface area contributed by atoms with Crippen molar-refractivity contribution < 1.29 is 39.3 Å². The SMILES string of the molecule is CSCCC(NC(=O)C(CC(=O)O)NC(=O)C(NC(=O)C(N)CCCCN)C(C)O)C(=O)O. The van der Waals surface area contributed by atoms with Gasteiger partial charge in [-0.1, -0.05) is 6.42 Å². The van der Waals surface area contributed by atoms with Crippen molar-refractivity contribution in [2.24, 2.45) is 11.5 Å². The Balaban J connectivity index is 5.32. The number of aliphatic hydroxyl groups is 1. The van der Waals surface area contributed by atoms with Crippen LogP contribution in [-0.2, 0) is 24.0 Å². The molecule has 0 aromatic rings. The van der Waals surface area contributed by atoms with Crippen LogP contribution >= 0.6 is 11.8 Å². The molecule has 33 heavy (non-hydrogen) atoms. The highest BCUT2D eigenvalue weighted by Gasteiger charge is 2.33. The van der Waals surface area contributed by atoms with Gasteiger partial charge in [0, 0.05) is 0 Å². The Kier molecular flexibility index (Phi) is 15.0. The van der Waals surface area contributed by atoms with Gasteiger partial charge in [0.15, 0.2) is 0 Å². The highest BCUT2D eigenvalue weighted by atomic mass is 32.2. The van der Waals surface area contributed by atoms with Gasteiger partial charge in [-0.25, -0.2) is 4.79 Å². The summed E-state index contributed by atoms with van der Waals surface area (Å²) in [6.45, 7) is 1.65. The molecule has 10 N–H and O–H groups in total. The number of carboxylic acids is 2. The Hall–Kier alpha value is -2.42. The minimum absolute atomic E-state index is 0.0877. The Labute approximate surface area is 196 Å². The van der Waals surface area contributed by atoms with E-state index in [-0.39, 0.29) is 6.42 Å². The molecule has 0 aliphatic heterocycles. The fraction of sp³-hybridized carbons (Fsp3) is 0.737. The molecule has 0 saturated heterocycles. The molecule has 0 heterocycles. The molecule has 5 unspecified atom stereocenters. The van der Waals surface area contributed by atoms with E-state index in [4.69, 9.17) is 16.6 Å². The molecule has 13 nitrogen and oxygen atoms in total. The lowest BCUT2D eigenvalue weighted by molar-refractivity contribution is -0.144. The number of aliphatic carboxylic acids is 2. The van der Waals surface area contributed by atoms with E-state index < -0.39 is 66.4 Å². The van der Waals surface area contributed by atoms with Gasteiger partial charge >= 0.3 is 11.9 Å². The van der Waals surface area contributed by atoms with Gasteiger partial charge in [-0.15, -0.1) is 0 Å². The Morgan fingerprint density at radius 1 is 0.909 bits per heavy atom. The first-order valence-corrected chi connectivity index (χ1v) is 11.8. The molecule has 190 valence electrons. The zero-order valence-electron chi connectivity index (χ0n) is 18.8. The maximum atomic E-state index is 12.7. The number of nitrogens with one attached hydrogen (secondary N) is 3. The molecular weight excluding hydrogens is 458 g/mol. The number of carbonyl (C=O) groups excluding carboxylic acids is 3. The van der Waals surface area contributed by atoms with Crippen molar-refractivity contribution in [2.75, 3.05) is 18.6 Å². The van der Waals surface area contributed by atoms with Crippen molar-refractivity contribution in [1.29, 1.82) is 0 Å². The van der Waals surface area contributed by atoms with Crippen LogP contribution < -0.4 is 27.4 Å². The minimum atomic E-state index is -1.64. The van der Waals surface area contributed by atoms with E-state index >= 15 is 0 Å². The van der Waals surface area contributed by atoms with Crippen molar-refractivity contribution in [3.63, 3.8) is 0 Å². The monoisotopic (exact) mass is 493 g/mol. The van der Waals surface area contributed by atoms with E-state index in [1.807, 2.05) is 0 Å². The number of rotatable bonds is 17. The zero-order chi connectivity index (χ0) is 25.6. The van der Waals surface area contributed by atoms with Crippen LogP contribution in [0.4, 0.5) is 0 Å². The first kappa shape index (κ1) is 30.6. The predicted octanol–water partition coefficient (Wildman–Crippen LogP) is -2.41. The summed E-state index contributed by atoms with van der Waals surface area (Å²) in [4.78, 5) is 60.0. The minimum Gasteiger partial charge on any atom is -0.481 e. The second kappa shape index (κ2) is 16.2. The van der Waals surface area contributed by atoms with Crippen LogP contribution in [0.25, 0.3) is 0 Å². The molecule has 0 saturated carbocycles. The molecule has 0 spiro atoms. The molecule has 0 bridgehead atoms. The summed E-state index contributed by atoms with van der Waals surface area (Å²) in [7, 11) is 0. The molecule has 3 amide bonds. The van der Waals surface area contributed by atoms with Crippen LogP contribution in [0.15, 0.2) is 0 Å². The summed E-state index contributed by atoms with van der Waals surface area (Å²) in [5.41, 5.74) is 11.2. The van der Waals surface area contributed by atoms with E-state index in [1.165, 1.54) is 18.7 Å². The second-order valence-corrected chi connectivity index (χ2v) is 8.44. The number of thioether (sulfide) groups is 1. The average molecular weight is 494 g/mol. The summed E-state index contributed by atoms with van der Waals surface area (Å²) >= 11 is 1.36. The molecule has 0 aliphatic carbocycles. The zero-order valence-corrected chi connectivity index (χ0v) is 19.6. The van der Waals surface area contributed by atoms with Crippen molar-refractivity contribution in [3.05, 3.63) is 0 Å². The van der Waals surface area contributed by atoms with Gasteiger partial charge in [0.1, 0.15) is 18.1 Å². The third-order valence-electron chi connectivity index (χ3n) is 4.61. The molecule has 0 aromatic carbocycles. The number of hydrogen-bond donors (Lipinski definition) is 8. The van der Waals surface area contributed by atoms with Gasteiger partial charge in [0.25, 0.3) is 0 Å². The molecule has 0 rings (SSSR count). The molecule has 0 aliphatic rings. The predicted molar refractivity (Wildman–Crippen MR) is 121 cm³/mol. The number of nitrogens with two attached hydrogens (primary N) is 2. The number of carboxylic acid groups (broad SMARTS) is 2. The maximum absolute atomic E-state index is 12.7. The van der Waals surface area contributed by atoms with E-state index in [9.17, 15) is 34.2 Å². The van der Waals surface area contributed by atoms with Gasteiger partial charge in [-0.05, 0) is 44.7 Å². The molecule has 0 radical (unpaired) electrons. The molecule has 0 aromatic heterocycles. The summed E-state index contributed by atoms with van der Waals surface area (Å²) in [6, 6.07) is -5.40. The highest BCUT2D eigenvalue weighted by Crippen LogP contribution is 2.05. The largest absolute Gasteiger partial charge is 0.481 e. The number of amides is 3. The Morgan fingerprint density at radius 2 is 1.52 bits per heavy atom. The van der Waals surface area contributed by atoms with Crippen LogP contribution in [0.2, 0.25) is 0 Å². The van der Waals surface area contributed by atoms with Gasteiger partial charge in [-0.3, -0.25) is 19.2 Å². The fourth-order valence-corrected chi connectivity index (χ4v) is 3.19. The number of hydrogen-bond acceptors (Lipinski definition) is 9. The summed E-state index contributed by atoms with van der Waals surface area (Å²) in [6.07, 6.45) is 1.14. The number of unbranched alkanes of at least 4 members (excludes halogenated alkanes) is 1. The maximum Gasteiger partial charge on any atom is 0.326 e.